The Morgan fingerprint density at radius 3 is 2.38 bits per heavy atom. The van der Waals surface area contributed by atoms with Gasteiger partial charge in [0, 0.05) is 57.5 Å². The van der Waals surface area contributed by atoms with Crippen molar-refractivity contribution in [1.29, 1.82) is 0 Å². The minimum Gasteiger partial charge on any atom is -0.382 e. The van der Waals surface area contributed by atoms with Crippen LogP contribution in [0.2, 0.25) is 0 Å². The van der Waals surface area contributed by atoms with Gasteiger partial charge in [0.15, 0.2) is 0 Å². The predicted molar refractivity (Wildman–Crippen MR) is 112 cm³/mol. The Kier molecular flexibility index (Phi) is 6.58. The normalized spacial score (nSPS) is 24.1. The summed E-state index contributed by atoms with van der Waals surface area (Å²) in [6.07, 6.45) is 2.60. The van der Waals surface area contributed by atoms with Crippen molar-refractivity contribution in [1.82, 2.24) is 9.80 Å². The van der Waals surface area contributed by atoms with Crippen LogP contribution in [0.5, 0.6) is 0 Å². The van der Waals surface area contributed by atoms with E-state index in [9.17, 15) is 12.8 Å². The lowest BCUT2D eigenvalue weighted by Crippen LogP contribution is -2.45. The topological polar surface area (TPSA) is 65.1 Å². The van der Waals surface area contributed by atoms with Crippen LogP contribution in [0.15, 0.2) is 18.2 Å². The summed E-state index contributed by atoms with van der Waals surface area (Å²) in [6.45, 7) is 8.33. The van der Waals surface area contributed by atoms with E-state index in [1.54, 1.807) is 12.1 Å². The van der Waals surface area contributed by atoms with Gasteiger partial charge in [0.1, 0.15) is 5.82 Å². The lowest BCUT2D eigenvalue weighted by Gasteiger charge is -2.35. The number of hydrogen-bond acceptors (Lipinski definition) is 6. The Hall–Kier alpha value is -1.42. The number of halogens is 1. The summed E-state index contributed by atoms with van der Waals surface area (Å²) >= 11 is 0. The van der Waals surface area contributed by atoms with Gasteiger partial charge in [-0.05, 0) is 37.5 Å². The molecule has 9 heteroatoms. The first-order chi connectivity index (χ1) is 14.0. The fourth-order valence-corrected chi connectivity index (χ4v) is 5.91. The lowest BCUT2D eigenvalue weighted by atomic mass is 10.0. The predicted octanol–water partition coefficient (Wildman–Crippen LogP) is 1.57. The molecule has 0 radical (unpaired) electrons. The highest BCUT2D eigenvalue weighted by molar-refractivity contribution is 7.93. The molecule has 0 saturated carbocycles. The van der Waals surface area contributed by atoms with E-state index in [0.29, 0.717) is 19.0 Å². The summed E-state index contributed by atoms with van der Waals surface area (Å²) in [5.74, 6) is -0.397. The molecule has 4 rings (SSSR count). The summed E-state index contributed by atoms with van der Waals surface area (Å²) < 4.78 is 45.2. The molecule has 1 aromatic rings. The zero-order chi connectivity index (χ0) is 20.3. The first-order valence-corrected chi connectivity index (χ1v) is 12.2. The van der Waals surface area contributed by atoms with Gasteiger partial charge >= 0.3 is 0 Å². The van der Waals surface area contributed by atoms with Crippen molar-refractivity contribution in [2.45, 2.75) is 25.3 Å². The van der Waals surface area contributed by atoms with Crippen molar-refractivity contribution in [2.24, 2.45) is 0 Å². The highest BCUT2D eigenvalue weighted by Gasteiger charge is 2.30. The van der Waals surface area contributed by atoms with Gasteiger partial charge in [-0.2, -0.15) is 0 Å². The van der Waals surface area contributed by atoms with Crippen LogP contribution < -0.4 is 9.62 Å². The van der Waals surface area contributed by atoms with Crippen LogP contribution in [0.25, 0.3) is 0 Å². The molecule has 0 aromatic heterocycles. The molecule has 0 unspecified atom stereocenters. The number of sulfonamides is 1. The Morgan fingerprint density at radius 2 is 1.72 bits per heavy atom. The number of hydrogen-bond donors (Lipinski definition) is 1. The molecule has 29 heavy (non-hydrogen) atoms. The van der Waals surface area contributed by atoms with Crippen LogP contribution in [0, 0.1) is 5.82 Å². The second kappa shape index (κ2) is 9.16. The minimum atomic E-state index is -3.39. The quantitative estimate of drug-likeness (QED) is 0.745. The Balaban J connectivity index is 1.29. The van der Waals surface area contributed by atoms with E-state index in [1.165, 1.54) is 10.4 Å². The molecular weight excluding hydrogens is 395 g/mol. The van der Waals surface area contributed by atoms with Crippen LogP contribution >= 0.6 is 0 Å². The van der Waals surface area contributed by atoms with E-state index in [1.807, 2.05) is 0 Å². The zero-order valence-corrected chi connectivity index (χ0v) is 17.7. The zero-order valence-electron chi connectivity index (χ0n) is 16.9. The molecule has 0 amide bonds. The van der Waals surface area contributed by atoms with Gasteiger partial charge in [0.05, 0.1) is 24.7 Å². The average molecular weight is 427 g/mol. The van der Waals surface area contributed by atoms with Crippen LogP contribution in [-0.4, -0.2) is 89.0 Å². The van der Waals surface area contributed by atoms with E-state index < -0.39 is 15.8 Å². The molecule has 7 nitrogen and oxygen atoms in total. The molecule has 3 aliphatic heterocycles. The summed E-state index contributed by atoms with van der Waals surface area (Å²) in [4.78, 5) is 4.96. The van der Waals surface area contributed by atoms with Gasteiger partial charge in [-0.1, -0.05) is 0 Å². The van der Waals surface area contributed by atoms with Gasteiger partial charge in [0.2, 0.25) is 10.0 Å². The van der Waals surface area contributed by atoms with Crippen LogP contribution in [0.3, 0.4) is 0 Å². The van der Waals surface area contributed by atoms with Crippen molar-refractivity contribution in [3.8, 4) is 0 Å². The maximum absolute atomic E-state index is 14.3. The highest BCUT2D eigenvalue weighted by Crippen LogP contribution is 2.30. The van der Waals surface area contributed by atoms with Crippen molar-refractivity contribution in [2.75, 3.05) is 74.4 Å². The number of morpholine rings is 1. The van der Waals surface area contributed by atoms with Gasteiger partial charge in [-0.25, -0.2) is 12.8 Å². The molecule has 0 bridgehead atoms. The van der Waals surface area contributed by atoms with Gasteiger partial charge in [-0.3, -0.25) is 9.21 Å². The molecular formula is C20H31FN4O3S. The van der Waals surface area contributed by atoms with Crippen molar-refractivity contribution >= 4 is 21.4 Å². The number of anilines is 2. The first-order valence-electron chi connectivity index (χ1n) is 10.6. The van der Waals surface area contributed by atoms with Crippen molar-refractivity contribution < 1.29 is 17.5 Å². The highest BCUT2D eigenvalue weighted by atomic mass is 32.2. The number of nitrogens with one attached hydrogen (secondary N) is 1. The maximum atomic E-state index is 14.3. The van der Waals surface area contributed by atoms with Gasteiger partial charge < -0.3 is 15.0 Å². The first kappa shape index (κ1) is 20.8. The molecule has 0 spiro atoms. The molecule has 3 fully saturated rings. The van der Waals surface area contributed by atoms with E-state index >= 15 is 0 Å². The molecule has 0 atom stereocenters. The smallest absolute Gasteiger partial charge is 0.235 e. The Bertz CT molecular complexity index is 793. The third kappa shape index (κ3) is 5.20. The van der Waals surface area contributed by atoms with E-state index in [4.69, 9.17) is 4.74 Å². The third-order valence-corrected chi connectivity index (χ3v) is 7.96. The third-order valence-electron chi connectivity index (χ3n) is 6.11. The van der Waals surface area contributed by atoms with Crippen molar-refractivity contribution in [3.05, 3.63) is 24.0 Å². The van der Waals surface area contributed by atoms with Crippen molar-refractivity contribution in [3.63, 3.8) is 0 Å². The Morgan fingerprint density at radius 1 is 1.03 bits per heavy atom. The number of ether oxygens (including phenoxy) is 1. The monoisotopic (exact) mass is 426 g/mol. The summed E-state index contributed by atoms with van der Waals surface area (Å²) in [5, 5.41) is 3.48. The second-order valence-electron chi connectivity index (χ2n) is 8.12. The summed E-state index contributed by atoms with van der Waals surface area (Å²) in [7, 11) is -3.39. The number of piperidine rings is 1. The van der Waals surface area contributed by atoms with Gasteiger partial charge in [-0.15, -0.1) is 0 Å². The van der Waals surface area contributed by atoms with Crippen LogP contribution in [0.1, 0.15) is 19.3 Å². The fraction of sp³-hybridized carbons (Fsp3) is 0.700. The molecule has 162 valence electrons. The lowest BCUT2D eigenvalue weighted by molar-refractivity contribution is 0.0322. The molecule has 3 saturated heterocycles. The molecule has 3 aliphatic rings. The van der Waals surface area contributed by atoms with E-state index in [0.717, 1.165) is 71.0 Å². The maximum Gasteiger partial charge on any atom is 0.235 e. The fourth-order valence-electron chi connectivity index (χ4n) is 4.35. The molecule has 3 heterocycles. The standard InChI is InChI=1S/C20H31FN4O3S/c21-19-3-2-18(16-20(19)25-6-1-15-29(25,26)27)22-17-4-7-23(8-5-17)9-10-24-11-13-28-14-12-24/h2-3,16-17,22H,1,4-15H2. The van der Waals surface area contributed by atoms with Gasteiger partial charge in [0.25, 0.3) is 0 Å². The second-order valence-corrected chi connectivity index (χ2v) is 10.1. The minimum absolute atomic E-state index is 0.0903. The largest absolute Gasteiger partial charge is 0.382 e. The average Bonchev–Trinajstić information content (AvgIpc) is 3.08. The summed E-state index contributed by atoms with van der Waals surface area (Å²) in [5.41, 5.74) is 0.950. The van der Waals surface area contributed by atoms with E-state index in [2.05, 4.69) is 15.1 Å². The Labute approximate surface area is 172 Å². The molecule has 1 aromatic carbocycles. The summed E-state index contributed by atoms with van der Waals surface area (Å²) in [6, 6.07) is 5.03. The number of nitrogens with zero attached hydrogens (tertiary/aromatic N) is 3. The van der Waals surface area contributed by atoms with E-state index in [-0.39, 0.29) is 11.4 Å². The number of rotatable bonds is 6. The van der Waals surface area contributed by atoms with Crippen LogP contribution in [-0.2, 0) is 14.8 Å². The number of benzene rings is 1. The molecule has 1 N–H and O–H groups in total. The van der Waals surface area contributed by atoms with Crippen LogP contribution in [0.4, 0.5) is 15.8 Å². The molecule has 0 aliphatic carbocycles. The SMILES string of the molecule is O=S1(=O)CCCN1c1cc(NC2CCN(CCN3CCOCC3)CC2)ccc1F. The number of likely N-dealkylation sites (tertiary alicyclic amines) is 1.